The Morgan fingerprint density at radius 1 is 1.00 bits per heavy atom. The smallest absolute Gasteiger partial charge is 0.257 e. The van der Waals surface area contributed by atoms with Gasteiger partial charge in [0.05, 0.1) is 13.5 Å². The number of nitrogens with one attached hydrogen (secondary N) is 2. The number of likely N-dealkylation sites (N-methyl/N-ethyl adjacent to an activating group) is 1. The molecule has 126 valence electrons. The number of anilines is 1. The third-order valence-corrected chi connectivity index (χ3v) is 3.27. The van der Waals surface area contributed by atoms with Gasteiger partial charge >= 0.3 is 0 Å². The minimum Gasteiger partial charge on any atom is -0.497 e. The van der Waals surface area contributed by atoms with Crippen molar-refractivity contribution >= 4 is 17.5 Å². The molecule has 24 heavy (non-hydrogen) atoms. The highest BCUT2D eigenvalue weighted by molar-refractivity contribution is 5.92. The Bertz CT molecular complexity index is 716. The zero-order valence-corrected chi connectivity index (χ0v) is 13.7. The summed E-state index contributed by atoms with van der Waals surface area (Å²) in [4.78, 5) is 23.3. The predicted octanol–water partition coefficient (Wildman–Crippen LogP) is 2.00. The van der Waals surface area contributed by atoms with Crippen molar-refractivity contribution in [3.05, 3.63) is 54.1 Å². The standard InChI is InChI=1S/C18H20N2O4/c1-19-18(22)12-24-16-8-4-6-14(11-16)20-17(21)10-13-5-3-7-15(9-13)23-2/h3-9,11H,10,12H2,1-2H3,(H,19,22)(H,20,21). The fourth-order valence-electron chi connectivity index (χ4n) is 2.06. The lowest BCUT2D eigenvalue weighted by Gasteiger charge is -2.09. The van der Waals surface area contributed by atoms with Crippen LogP contribution in [0.25, 0.3) is 0 Å². The van der Waals surface area contributed by atoms with Crippen LogP contribution in [0.3, 0.4) is 0 Å². The Morgan fingerprint density at radius 3 is 2.50 bits per heavy atom. The summed E-state index contributed by atoms with van der Waals surface area (Å²) >= 11 is 0. The number of methoxy groups -OCH3 is 1. The number of carbonyl (C=O) groups excluding carboxylic acids is 2. The van der Waals surface area contributed by atoms with Gasteiger partial charge in [-0.25, -0.2) is 0 Å². The normalized spacial score (nSPS) is 9.92. The Balaban J connectivity index is 1.94. The minimum atomic E-state index is -0.220. The largest absolute Gasteiger partial charge is 0.497 e. The van der Waals surface area contributed by atoms with Gasteiger partial charge in [-0.2, -0.15) is 0 Å². The van der Waals surface area contributed by atoms with Gasteiger partial charge in [-0.05, 0) is 29.8 Å². The monoisotopic (exact) mass is 328 g/mol. The first-order valence-electron chi connectivity index (χ1n) is 7.47. The van der Waals surface area contributed by atoms with E-state index in [1.807, 2.05) is 24.3 Å². The Hall–Kier alpha value is -3.02. The molecule has 0 unspecified atom stereocenters. The van der Waals surface area contributed by atoms with Crippen molar-refractivity contribution in [2.24, 2.45) is 0 Å². The van der Waals surface area contributed by atoms with Crippen LogP contribution in [0, 0.1) is 0 Å². The molecule has 0 aliphatic rings. The van der Waals surface area contributed by atoms with E-state index in [4.69, 9.17) is 9.47 Å². The topological polar surface area (TPSA) is 76.7 Å². The first-order valence-corrected chi connectivity index (χ1v) is 7.47. The highest BCUT2D eigenvalue weighted by Gasteiger charge is 2.07. The maximum absolute atomic E-state index is 12.1. The van der Waals surface area contributed by atoms with Gasteiger partial charge in [0.25, 0.3) is 5.91 Å². The molecular formula is C18H20N2O4. The number of benzene rings is 2. The first kappa shape index (κ1) is 17.3. The molecule has 0 heterocycles. The predicted molar refractivity (Wildman–Crippen MR) is 91.3 cm³/mol. The fraction of sp³-hybridized carbons (Fsp3) is 0.222. The number of rotatable bonds is 7. The molecule has 0 aliphatic carbocycles. The maximum Gasteiger partial charge on any atom is 0.257 e. The second kappa shape index (κ2) is 8.57. The van der Waals surface area contributed by atoms with E-state index >= 15 is 0 Å². The summed E-state index contributed by atoms with van der Waals surface area (Å²) in [5, 5.41) is 5.28. The van der Waals surface area contributed by atoms with Crippen LogP contribution in [-0.4, -0.2) is 32.6 Å². The zero-order chi connectivity index (χ0) is 17.4. The van der Waals surface area contributed by atoms with Crippen molar-refractivity contribution < 1.29 is 19.1 Å². The highest BCUT2D eigenvalue weighted by Crippen LogP contribution is 2.18. The molecular weight excluding hydrogens is 308 g/mol. The number of amides is 2. The molecule has 2 aromatic rings. The van der Waals surface area contributed by atoms with Gasteiger partial charge in [-0.1, -0.05) is 18.2 Å². The molecule has 0 radical (unpaired) electrons. The molecule has 0 aromatic heterocycles. The quantitative estimate of drug-likeness (QED) is 0.815. The third-order valence-electron chi connectivity index (χ3n) is 3.27. The SMILES string of the molecule is CNC(=O)COc1cccc(NC(=O)Cc2cccc(OC)c2)c1. The van der Waals surface area contributed by atoms with Crippen LogP contribution in [0.1, 0.15) is 5.56 Å². The lowest BCUT2D eigenvalue weighted by molar-refractivity contribution is -0.122. The van der Waals surface area contributed by atoms with Crippen molar-refractivity contribution in [1.29, 1.82) is 0 Å². The number of ether oxygens (including phenoxy) is 2. The van der Waals surface area contributed by atoms with E-state index in [1.165, 1.54) is 0 Å². The molecule has 2 amide bonds. The summed E-state index contributed by atoms with van der Waals surface area (Å²) in [6.07, 6.45) is 0.237. The van der Waals surface area contributed by atoms with Crippen LogP contribution in [0.15, 0.2) is 48.5 Å². The van der Waals surface area contributed by atoms with E-state index in [-0.39, 0.29) is 24.8 Å². The molecule has 0 spiro atoms. The summed E-state index contributed by atoms with van der Waals surface area (Å²) in [7, 11) is 3.13. The summed E-state index contributed by atoms with van der Waals surface area (Å²) in [5.41, 5.74) is 1.47. The molecule has 0 saturated heterocycles. The van der Waals surface area contributed by atoms with Crippen LogP contribution < -0.4 is 20.1 Å². The first-order chi connectivity index (χ1) is 11.6. The van der Waals surface area contributed by atoms with Crippen LogP contribution in [-0.2, 0) is 16.0 Å². The Kier molecular flexibility index (Phi) is 6.19. The van der Waals surface area contributed by atoms with Gasteiger partial charge in [0.1, 0.15) is 11.5 Å². The van der Waals surface area contributed by atoms with E-state index in [1.54, 1.807) is 38.4 Å². The molecule has 2 rings (SSSR count). The van der Waals surface area contributed by atoms with Crippen LogP contribution in [0.5, 0.6) is 11.5 Å². The van der Waals surface area contributed by atoms with Crippen LogP contribution >= 0.6 is 0 Å². The average Bonchev–Trinajstić information content (AvgIpc) is 2.60. The Morgan fingerprint density at radius 2 is 1.75 bits per heavy atom. The van der Waals surface area contributed by atoms with Gasteiger partial charge in [-0.3, -0.25) is 9.59 Å². The molecule has 0 saturated carbocycles. The van der Waals surface area contributed by atoms with Gasteiger partial charge in [0.2, 0.25) is 5.91 Å². The molecule has 0 bridgehead atoms. The molecule has 6 nitrogen and oxygen atoms in total. The van der Waals surface area contributed by atoms with Gasteiger partial charge in [-0.15, -0.1) is 0 Å². The lowest BCUT2D eigenvalue weighted by atomic mass is 10.1. The maximum atomic E-state index is 12.1. The van der Waals surface area contributed by atoms with Crippen molar-refractivity contribution in [2.45, 2.75) is 6.42 Å². The second-order valence-corrected chi connectivity index (χ2v) is 5.07. The van der Waals surface area contributed by atoms with Gasteiger partial charge in [0, 0.05) is 18.8 Å². The molecule has 2 aromatic carbocycles. The third kappa shape index (κ3) is 5.31. The summed E-state index contributed by atoms with van der Waals surface area (Å²) in [5.74, 6) is 0.858. The fourth-order valence-corrected chi connectivity index (χ4v) is 2.06. The Labute approximate surface area is 140 Å². The molecule has 6 heteroatoms. The average molecular weight is 328 g/mol. The van der Waals surface area contributed by atoms with Gasteiger partial charge < -0.3 is 20.1 Å². The molecule has 0 fully saturated rings. The summed E-state index contributed by atoms with van der Waals surface area (Å²) < 4.78 is 10.5. The molecule has 0 atom stereocenters. The van der Waals surface area contributed by atoms with E-state index in [0.29, 0.717) is 17.2 Å². The molecule has 2 N–H and O–H groups in total. The highest BCUT2D eigenvalue weighted by atomic mass is 16.5. The summed E-state index contributed by atoms with van der Waals surface area (Å²) in [6.45, 7) is -0.0717. The van der Waals surface area contributed by atoms with E-state index < -0.39 is 0 Å². The van der Waals surface area contributed by atoms with Crippen molar-refractivity contribution in [2.75, 3.05) is 26.1 Å². The number of hydrogen-bond donors (Lipinski definition) is 2. The van der Waals surface area contributed by atoms with E-state index in [0.717, 1.165) is 5.56 Å². The van der Waals surface area contributed by atoms with Crippen molar-refractivity contribution in [1.82, 2.24) is 5.32 Å². The van der Waals surface area contributed by atoms with Gasteiger partial charge in [0.15, 0.2) is 6.61 Å². The second-order valence-electron chi connectivity index (χ2n) is 5.07. The van der Waals surface area contributed by atoms with Crippen LogP contribution in [0.2, 0.25) is 0 Å². The number of carbonyl (C=O) groups is 2. The van der Waals surface area contributed by atoms with Crippen molar-refractivity contribution in [3.63, 3.8) is 0 Å². The summed E-state index contributed by atoms with van der Waals surface area (Å²) in [6, 6.07) is 14.3. The molecule has 0 aliphatic heterocycles. The van der Waals surface area contributed by atoms with Crippen LogP contribution in [0.4, 0.5) is 5.69 Å². The lowest BCUT2D eigenvalue weighted by Crippen LogP contribution is -2.24. The number of hydrogen-bond acceptors (Lipinski definition) is 4. The zero-order valence-electron chi connectivity index (χ0n) is 13.7. The minimum absolute atomic E-state index is 0.0717. The van der Waals surface area contributed by atoms with E-state index in [2.05, 4.69) is 10.6 Å². The van der Waals surface area contributed by atoms with Crippen molar-refractivity contribution in [3.8, 4) is 11.5 Å². The van der Waals surface area contributed by atoms with E-state index in [9.17, 15) is 9.59 Å².